The van der Waals surface area contributed by atoms with Crippen LogP contribution in [0.4, 0.5) is 10.1 Å². The van der Waals surface area contributed by atoms with E-state index in [0.29, 0.717) is 13.1 Å². The molecule has 2 N–H and O–H groups in total. The molecular formula is C14H21FN2O2S. The maximum absolute atomic E-state index is 14.1. The fraction of sp³-hybridized carbons (Fsp3) is 0.571. The molecule has 1 aliphatic rings. The first-order valence-corrected chi connectivity index (χ1v) is 8.13. The number of nitrogens with zero attached hydrogens (tertiary/aromatic N) is 1. The lowest BCUT2D eigenvalue weighted by molar-refractivity contribution is 0.195. The van der Waals surface area contributed by atoms with Gasteiger partial charge in [-0.15, -0.1) is 0 Å². The van der Waals surface area contributed by atoms with Crippen molar-refractivity contribution < 1.29 is 12.8 Å². The number of nitrogen functional groups attached to an aromatic ring is 1. The van der Waals surface area contributed by atoms with E-state index in [1.165, 1.54) is 23.4 Å². The van der Waals surface area contributed by atoms with Gasteiger partial charge in [0.1, 0.15) is 10.7 Å². The largest absolute Gasteiger partial charge is 0.399 e. The van der Waals surface area contributed by atoms with Crippen LogP contribution in [0.2, 0.25) is 0 Å². The minimum atomic E-state index is -3.81. The standard InChI is InChI=1S/C14H21FN2O2S/c1-10-8-11(16)9-12(13(10)15)20(18,19)17-6-4-14(2,3)5-7-17/h8-9H,4-7,16H2,1-3H3. The summed E-state index contributed by atoms with van der Waals surface area (Å²) in [6.07, 6.45) is 1.55. The van der Waals surface area contributed by atoms with Gasteiger partial charge in [-0.05, 0) is 42.9 Å². The van der Waals surface area contributed by atoms with Gasteiger partial charge in [0.2, 0.25) is 10.0 Å². The summed E-state index contributed by atoms with van der Waals surface area (Å²) in [5.74, 6) is -0.705. The van der Waals surface area contributed by atoms with Gasteiger partial charge in [0.25, 0.3) is 0 Å². The van der Waals surface area contributed by atoms with Crippen molar-refractivity contribution in [3.8, 4) is 0 Å². The van der Waals surface area contributed by atoms with Crippen molar-refractivity contribution in [1.82, 2.24) is 4.31 Å². The molecule has 2 rings (SSSR count). The Morgan fingerprint density at radius 1 is 1.25 bits per heavy atom. The lowest BCUT2D eigenvalue weighted by atomic mass is 9.83. The molecule has 1 aliphatic heterocycles. The Morgan fingerprint density at radius 3 is 2.35 bits per heavy atom. The summed E-state index contributed by atoms with van der Waals surface area (Å²) in [4.78, 5) is -0.310. The summed E-state index contributed by atoms with van der Waals surface area (Å²) < 4.78 is 40.6. The van der Waals surface area contributed by atoms with Crippen LogP contribution in [0.1, 0.15) is 32.3 Å². The topological polar surface area (TPSA) is 63.4 Å². The van der Waals surface area contributed by atoms with Gasteiger partial charge in [-0.25, -0.2) is 12.8 Å². The van der Waals surface area contributed by atoms with Gasteiger partial charge in [-0.1, -0.05) is 13.8 Å². The summed E-state index contributed by atoms with van der Waals surface area (Å²) in [7, 11) is -3.81. The molecule has 1 aromatic carbocycles. The first-order valence-electron chi connectivity index (χ1n) is 6.69. The van der Waals surface area contributed by atoms with E-state index in [2.05, 4.69) is 13.8 Å². The van der Waals surface area contributed by atoms with Crippen LogP contribution < -0.4 is 5.73 Å². The zero-order valence-corrected chi connectivity index (χ0v) is 12.9. The van der Waals surface area contributed by atoms with Gasteiger partial charge in [0, 0.05) is 18.8 Å². The van der Waals surface area contributed by atoms with Crippen LogP contribution in [0, 0.1) is 18.2 Å². The molecular weight excluding hydrogens is 279 g/mol. The smallest absolute Gasteiger partial charge is 0.246 e. The van der Waals surface area contributed by atoms with E-state index in [0.717, 1.165) is 12.8 Å². The van der Waals surface area contributed by atoms with Gasteiger partial charge < -0.3 is 5.73 Å². The highest BCUT2D eigenvalue weighted by molar-refractivity contribution is 7.89. The lowest BCUT2D eigenvalue weighted by Crippen LogP contribution is -2.41. The lowest BCUT2D eigenvalue weighted by Gasteiger charge is -2.36. The molecule has 0 saturated carbocycles. The molecule has 0 bridgehead atoms. The normalized spacial score (nSPS) is 20.0. The molecule has 20 heavy (non-hydrogen) atoms. The van der Waals surface area contributed by atoms with Crippen molar-refractivity contribution in [3.05, 3.63) is 23.5 Å². The van der Waals surface area contributed by atoms with Gasteiger partial charge >= 0.3 is 0 Å². The average Bonchev–Trinajstić information content (AvgIpc) is 2.33. The van der Waals surface area contributed by atoms with E-state index in [1.807, 2.05) is 0 Å². The van der Waals surface area contributed by atoms with Crippen molar-refractivity contribution in [2.45, 2.75) is 38.5 Å². The first kappa shape index (κ1) is 15.3. The summed E-state index contributed by atoms with van der Waals surface area (Å²) >= 11 is 0. The molecule has 0 atom stereocenters. The van der Waals surface area contributed by atoms with Crippen molar-refractivity contribution in [1.29, 1.82) is 0 Å². The van der Waals surface area contributed by atoms with Crippen molar-refractivity contribution in [3.63, 3.8) is 0 Å². The molecule has 0 aliphatic carbocycles. The molecule has 0 amide bonds. The SMILES string of the molecule is Cc1cc(N)cc(S(=O)(=O)N2CCC(C)(C)CC2)c1F. The van der Waals surface area contributed by atoms with Crippen molar-refractivity contribution >= 4 is 15.7 Å². The Balaban J connectivity index is 2.37. The Morgan fingerprint density at radius 2 is 1.80 bits per heavy atom. The average molecular weight is 300 g/mol. The number of benzene rings is 1. The monoisotopic (exact) mass is 300 g/mol. The molecule has 112 valence electrons. The van der Waals surface area contributed by atoms with Gasteiger partial charge in [-0.2, -0.15) is 4.31 Å². The molecule has 0 spiro atoms. The predicted octanol–water partition coefficient (Wildman–Crippen LogP) is 2.53. The minimum Gasteiger partial charge on any atom is -0.399 e. The zero-order chi connectivity index (χ0) is 15.1. The van der Waals surface area contributed by atoms with Gasteiger partial charge in [-0.3, -0.25) is 0 Å². The second-order valence-electron chi connectivity index (χ2n) is 6.22. The highest BCUT2D eigenvalue weighted by Gasteiger charge is 2.34. The molecule has 0 unspecified atom stereocenters. The zero-order valence-electron chi connectivity index (χ0n) is 12.1. The summed E-state index contributed by atoms with van der Waals surface area (Å²) in [5, 5.41) is 0. The third kappa shape index (κ3) is 2.81. The van der Waals surface area contributed by atoms with Crippen molar-refractivity contribution in [2.75, 3.05) is 18.8 Å². The fourth-order valence-electron chi connectivity index (χ4n) is 2.42. The Kier molecular flexibility index (Phi) is 3.81. The van der Waals surface area contributed by atoms with Crippen LogP contribution in [0.5, 0.6) is 0 Å². The van der Waals surface area contributed by atoms with Crippen LogP contribution in [-0.4, -0.2) is 25.8 Å². The van der Waals surface area contributed by atoms with E-state index in [-0.39, 0.29) is 21.6 Å². The van der Waals surface area contributed by atoms with Crippen LogP contribution in [-0.2, 0) is 10.0 Å². The first-order chi connectivity index (χ1) is 9.13. The molecule has 1 heterocycles. The second-order valence-corrected chi connectivity index (χ2v) is 8.12. The number of nitrogens with two attached hydrogens (primary N) is 1. The Labute approximate surface area is 119 Å². The van der Waals surface area contributed by atoms with Crippen LogP contribution in [0.25, 0.3) is 0 Å². The van der Waals surface area contributed by atoms with Crippen LogP contribution in [0.15, 0.2) is 17.0 Å². The van der Waals surface area contributed by atoms with Crippen LogP contribution in [0.3, 0.4) is 0 Å². The third-order valence-corrected chi connectivity index (χ3v) is 5.84. The maximum atomic E-state index is 14.1. The number of aryl methyl sites for hydroxylation is 1. The van der Waals surface area contributed by atoms with Crippen molar-refractivity contribution in [2.24, 2.45) is 5.41 Å². The van der Waals surface area contributed by atoms with E-state index >= 15 is 0 Å². The highest BCUT2D eigenvalue weighted by Crippen LogP contribution is 2.33. The fourth-order valence-corrected chi connectivity index (χ4v) is 4.04. The summed E-state index contributed by atoms with van der Waals surface area (Å²) in [5.41, 5.74) is 6.30. The van der Waals surface area contributed by atoms with E-state index in [4.69, 9.17) is 5.73 Å². The van der Waals surface area contributed by atoms with Gasteiger partial charge in [0.15, 0.2) is 0 Å². The Bertz CT molecular complexity index is 616. The molecule has 0 aromatic heterocycles. The number of hydrogen-bond donors (Lipinski definition) is 1. The second kappa shape index (κ2) is 5.00. The van der Waals surface area contributed by atoms with E-state index in [1.54, 1.807) is 0 Å². The molecule has 1 fully saturated rings. The maximum Gasteiger partial charge on any atom is 0.246 e. The van der Waals surface area contributed by atoms with Gasteiger partial charge in [0.05, 0.1) is 0 Å². The third-order valence-electron chi connectivity index (χ3n) is 3.94. The number of halogens is 1. The molecule has 4 nitrogen and oxygen atoms in total. The minimum absolute atomic E-state index is 0.135. The number of anilines is 1. The number of hydrogen-bond acceptors (Lipinski definition) is 3. The molecule has 1 aromatic rings. The summed E-state index contributed by atoms with van der Waals surface area (Å²) in [6, 6.07) is 2.64. The van der Waals surface area contributed by atoms with Crippen LogP contribution >= 0.6 is 0 Å². The number of piperidine rings is 1. The number of rotatable bonds is 2. The summed E-state index contributed by atoms with van der Waals surface area (Å²) in [6.45, 7) is 6.58. The Hall–Kier alpha value is -1.14. The quantitative estimate of drug-likeness (QED) is 0.854. The molecule has 6 heteroatoms. The predicted molar refractivity (Wildman–Crippen MR) is 77.3 cm³/mol. The molecule has 1 saturated heterocycles. The highest BCUT2D eigenvalue weighted by atomic mass is 32.2. The number of sulfonamides is 1. The van der Waals surface area contributed by atoms with E-state index in [9.17, 15) is 12.8 Å². The molecule has 0 radical (unpaired) electrons. The van der Waals surface area contributed by atoms with E-state index < -0.39 is 15.8 Å².